The number of amides is 1. The number of hydrogen-bond acceptors (Lipinski definition) is 4. The topological polar surface area (TPSA) is 49.8 Å². The number of halogens is 1. The Hall–Kier alpha value is -2.18. The summed E-state index contributed by atoms with van der Waals surface area (Å²) in [5, 5.41) is 9.59. The van der Waals surface area contributed by atoms with Crippen LogP contribution in [0.2, 0.25) is 0 Å². The SMILES string of the molecule is O=C1/C(=C/c2ccc(O)c(Br)c2)OC(=S)N1c1ccccc1. The van der Waals surface area contributed by atoms with Gasteiger partial charge in [0.2, 0.25) is 0 Å². The van der Waals surface area contributed by atoms with Gasteiger partial charge >= 0.3 is 5.91 Å². The van der Waals surface area contributed by atoms with Gasteiger partial charge in [-0.3, -0.25) is 4.79 Å². The molecule has 0 bridgehead atoms. The molecule has 4 nitrogen and oxygen atoms in total. The Labute approximate surface area is 140 Å². The minimum absolute atomic E-state index is 0.0975. The number of benzene rings is 2. The molecule has 1 aliphatic rings. The molecule has 1 saturated heterocycles. The predicted molar refractivity (Wildman–Crippen MR) is 91.4 cm³/mol. The molecule has 0 aliphatic carbocycles. The Morgan fingerprint density at radius 2 is 1.91 bits per heavy atom. The molecule has 1 amide bonds. The Morgan fingerprint density at radius 1 is 1.18 bits per heavy atom. The number of carbonyl (C=O) groups is 1. The van der Waals surface area contributed by atoms with Crippen LogP contribution in [0.5, 0.6) is 5.75 Å². The molecule has 2 aromatic carbocycles. The highest BCUT2D eigenvalue weighted by Gasteiger charge is 2.34. The molecular weight excluding hydrogens is 366 g/mol. The van der Waals surface area contributed by atoms with Crippen LogP contribution in [-0.2, 0) is 9.53 Å². The third-order valence-electron chi connectivity index (χ3n) is 3.08. The van der Waals surface area contributed by atoms with Crippen molar-refractivity contribution in [2.75, 3.05) is 4.90 Å². The average molecular weight is 376 g/mol. The van der Waals surface area contributed by atoms with E-state index in [0.29, 0.717) is 15.7 Å². The van der Waals surface area contributed by atoms with Gasteiger partial charge in [0.05, 0.1) is 10.2 Å². The first-order valence-electron chi connectivity index (χ1n) is 6.38. The molecule has 2 aromatic rings. The number of ether oxygens (including phenoxy) is 1. The lowest BCUT2D eigenvalue weighted by molar-refractivity contribution is -0.114. The van der Waals surface area contributed by atoms with Crippen LogP contribution in [0.4, 0.5) is 5.69 Å². The molecule has 0 saturated carbocycles. The van der Waals surface area contributed by atoms with Gasteiger partial charge in [0, 0.05) is 0 Å². The number of hydrogen-bond donors (Lipinski definition) is 1. The van der Waals surface area contributed by atoms with Crippen LogP contribution >= 0.6 is 28.1 Å². The molecule has 0 atom stereocenters. The van der Waals surface area contributed by atoms with Crippen molar-refractivity contribution in [1.29, 1.82) is 0 Å². The van der Waals surface area contributed by atoms with E-state index in [9.17, 15) is 9.90 Å². The summed E-state index contributed by atoms with van der Waals surface area (Å²) in [6.07, 6.45) is 1.59. The summed E-state index contributed by atoms with van der Waals surface area (Å²) in [5.41, 5.74) is 1.37. The van der Waals surface area contributed by atoms with E-state index in [1.165, 1.54) is 11.0 Å². The average Bonchev–Trinajstić information content (AvgIpc) is 2.78. The summed E-state index contributed by atoms with van der Waals surface area (Å²) < 4.78 is 5.94. The van der Waals surface area contributed by atoms with Crippen molar-refractivity contribution in [3.8, 4) is 5.75 Å². The van der Waals surface area contributed by atoms with Gasteiger partial charge in [-0.15, -0.1) is 0 Å². The molecule has 0 unspecified atom stereocenters. The van der Waals surface area contributed by atoms with Gasteiger partial charge in [-0.25, -0.2) is 4.90 Å². The number of nitrogens with zero attached hydrogens (tertiary/aromatic N) is 1. The van der Waals surface area contributed by atoms with E-state index in [2.05, 4.69) is 15.9 Å². The fraction of sp³-hybridized carbons (Fsp3) is 0. The van der Waals surface area contributed by atoms with E-state index in [1.807, 2.05) is 18.2 Å². The van der Waals surface area contributed by atoms with Crippen LogP contribution in [0.1, 0.15) is 5.56 Å². The van der Waals surface area contributed by atoms with Gasteiger partial charge in [0.15, 0.2) is 5.76 Å². The molecule has 0 spiro atoms. The van der Waals surface area contributed by atoms with Crippen LogP contribution in [0.3, 0.4) is 0 Å². The number of aromatic hydroxyl groups is 1. The van der Waals surface area contributed by atoms with Gasteiger partial charge in [0.25, 0.3) is 5.17 Å². The van der Waals surface area contributed by atoms with Crippen LogP contribution in [0.25, 0.3) is 6.08 Å². The van der Waals surface area contributed by atoms with Crippen molar-refractivity contribution in [2.45, 2.75) is 0 Å². The van der Waals surface area contributed by atoms with E-state index >= 15 is 0 Å². The van der Waals surface area contributed by atoms with Gasteiger partial charge in [0.1, 0.15) is 5.75 Å². The third kappa shape index (κ3) is 2.75. The second-order valence-corrected chi connectivity index (χ2v) is 5.77. The zero-order valence-corrected chi connectivity index (χ0v) is 13.6. The molecule has 22 heavy (non-hydrogen) atoms. The van der Waals surface area contributed by atoms with Crippen molar-refractivity contribution >= 4 is 51.0 Å². The summed E-state index contributed by atoms with van der Waals surface area (Å²) in [5.74, 6) is -0.0471. The molecule has 110 valence electrons. The van der Waals surface area contributed by atoms with E-state index < -0.39 is 0 Å². The summed E-state index contributed by atoms with van der Waals surface area (Å²) in [4.78, 5) is 13.8. The molecular formula is C16H10BrNO3S. The minimum atomic E-state index is -0.319. The van der Waals surface area contributed by atoms with Crippen LogP contribution < -0.4 is 4.90 Å². The second-order valence-electron chi connectivity index (χ2n) is 4.56. The number of phenols is 1. The predicted octanol–water partition coefficient (Wildman–Crippen LogP) is 3.84. The number of thiocarbonyl (C=S) groups is 1. The van der Waals surface area contributed by atoms with E-state index in [4.69, 9.17) is 17.0 Å². The maximum atomic E-state index is 12.5. The Bertz CT molecular complexity index is 789. The van der Waals surface area contributed by atoms with Crippen molar-refractivity contribution < 1.29 is 14.6 Å². The maximum Gasteiger partial charge on any atom is 0.301 e. The van der Waals surface area contributed by atoms with Gasteiger partial charge in [-0.05, 0) is 64.1 Å². The van der Waals surface area contributed by atoms with Crippen molar-refractivity contribution in [2.24, 2.45) is 0 Å². The fourth-order valence-corrected chi connectivity index (χ4v) is 2.71. The fourth-order valence-electron chi connectivity index (χ4n) is 2.03. The molecule has 6 heteroatoms. The molecule has 1 aliphatic heterocycles. The van der Waals surface area contributed by atoms with E-state index in [-0.39, 0.29) is 22.6 Å². The molecule has 1 heterocycles. The number of carbonyl (C=O) groups excluding carboxylic acids is 1. The van der Waals surface area contributed by atoms with Gasteiger partial charge < -0.3 is 9.84 Å². The Morgan fingerprint density at radius 3 is 2.59 bits per heavy atom. The first kappa shape index (κ1) is 14.7. The summed E-state index contributed by atoms with van der Waals surface area (Å²) >= 11 is 8.36. The molecule has 0 radical (unpaired) electrons. The summed E-state index contributed by atoms with van der Waals surface area (Å²) in [6.45, 7) is 0. The third-order valence-corrected chi connectivity index (χ3v) is 3.98. The van der Waals surface area contributed by atoms with E-state index in [0.717, 1.165) is 0 Å². The molecule has 3 rings (SSSR count). The lowest BCUT2D eigenvalue weighted by Crippen LogP contribution is -2.27. The molecule has 1 fully saturated rings. The maximum absolute atomic E-state index is 12.5. The first-order valence-corrected chi connectivity index (χ1v) is 7.58. The normalized spacial score (nSPS) is 16.2. The highest BCUT2D eigenvalue weighted by atomic mass is 79.9. The van der Waals surface area contributed by atoms with Crippen molar-refractivity contribution in [3.05, 3.63) is 64.3 Å². The number of rotatable bonds is 2. The molecule has 0 aromatic heterocycles. The second kappa shape index (κ2) is 5.90. The van der Waals surface area contributed by atoms with Gasteiger partial charge in [-0.2, -0.15) is 0 Å². The number of phenolic OH excluding ortho intramolecular Hbond substituents is 1. The lowest BCUT2D eigenvalue weighted by Gasteiger charge is -2.11. The minimum Gasteiger partial charge on any atom is -0.507 e. The van der Waals surface area contributed by atoms with Crippen molar-refractivity contribution in [1.82, 2.24) is 0 Å². The lowest BCUT2D eigenvalue weighted by atomic mass is 10.2. The van der Waals surface area contributed by atoms with Crippen LogP contribution in [0, 0.1) is 0 Å². The van der Waals surface area contributed by atoms with Crippen LogP contribution in [-0.4, -0.2) is 16.2 Å². The summed E-state index contributed by atoms with van der Waals surface area (Å²) in [6, 6.07) is 14.0. The number of anilines is 1. The zero-order valence-electron chi connectivity index (χ0n) is 11.2. The number of para-hydroxylation sites is 1. The van der Waals surface area contributed by atoms with Gasteiger partial charge in [-0.1, -0.05) is 24.3 Å². The Balaban J connectivity index is 1.93. The monoisotopic (exact) mass is 375 g/mol. The van der Waals surface area contributed by atoms with E-state index in [1.54, 1.807) is 30.3 Å². The quantitative estimate of drug-likeness (QED) is 0.639. The zero-order chi connectivity index (χ0) is 15.7. The van der Waals surface area contributed by atoms with Crippen LogP contribution in [0.15, 0.2) is 58.8 Å². The standard InChI is InChI=1S/C16H10BrNO3S/c17-12-8-10(6-7-13(12)19)9-14-15(20)18(16(22)21-14)11-4-2-1-3-5-11/h1-9,19H/b14-9-. The highest BCUT2D eigenvalue weighted by molar-refractivity contribution is 9.10. The Kier molecular flexibility index (Phi) is 3.96. The first-order chi connectivity index (χ1) is 10.6. The summed E-state index contributed by atoms with van der Waals surface area (Å²) in [7, 11) is 0. The van der Waals surface area contributed by atoms with Crippen molar-refractivity contribution in [3.63, 3.8) is 0 Å². The highest BCUT2D eigenvalue weighted by Crippen LogP contribution is 2.28. The molecule has 1 N–H and O–H groups in total. The smallest absolute Gasteiger partial charge is 0.301 e. The largest absolute Gasteiger partial charge is 0.507 e.